The van der Waals surface area contributed by atoms with Crippen molar-refractivity contribution in [2.24, 2.45) is 0 Å². The molecule has 0 saturated heterocycles. The van der Waals surface area contributed by atoms with Crippen LogP contribution in [0.4, 0.5) is 0 Å². The first-order chi connectivity index (χ1) is 7.27. The summed E-state index contributed by atoms with van der Waals surface area (Å²) in [5, 5.41) is 15.0. The minimum absolute atomic E-state index is 0. The monoisotopic (exact) mass is 240 g/mol. The fourth-order valence-electron chi connectivity index (χ4n) is 0. The van der Waals surface area contributed by atoms with Crippen LogP contribution in [-0.4, -0.2) is 52.3 Å². The molecule has 0 rings (SSSR count). The minimum atomic E-state index is -1.19. The number of carboxylic acids is 1. The second kappa shape index (κ2) is 249. The Kier molecular flexibility index (Phi) is 710. The van der Waals surface area contributed by atoms with E-state index in [1.54, 1.807) is 0 Å². The van der Waals surface area contributed by atoms with Gasteiger partial charge in [0, 0.05) is 0 Å². The van der Waals surface area contributed by atoms with Crippen LogP contribution >= 0.6 is 0 Å². The third kappa shape index (κ3) is 1510. The second-order valence-electron chi connectivity index (χ2n) is 0.552. The first kappa shape index (κ1) is 45.7. The van der Waals surface area contributed by atoms with Gasteiger partial charge < -0.3 is 10.2 Å². The van der Waals surface area contributed by atoms with Gasteiger partial charge >= 0.3 is 35.5 Å². The summed E-state index contributed by atoms with van der Waals surface area (Å²) in [5.41, 5.74) is 0. The van der Waals surface area contributed by atoms with Gasteiger partial charge in [-0.3, -0.25) is 0 Å². The number of aliphatic hydroxyl groups is 1. The van der Waals surface area contributed by atoms with Crippen LogP contribution in [0.1, 0.15) is 0 Å². The molecule has 0 aromatic heterocycles. The molecule has 0 unspecified atom stereocenters. The molecule has 0 radical (unpaired) electrons. The van der Waals surface area contributed by atoms with Crippen LogP contribution in [0.15, 0.2) is 65.8 Å². The molecule has 92 valence electrons. The Balaban J connectivity index is -0.0000000130. The summed E-state index contributed by atoms with van der Waals surface area (Å²) in [6.07, 6.45) is 0. The van der Waals surface area contributed by atoms with Gasteiger partial charge in [-0.05, 0) is 0 Å². The molecule has 3 nitrogen and oxygen atoms in total. The number of carbonyl (C=O) groups is 1. The zero-order valence-electron chi connectivity index (χ0n) is 9.58. The zero-order valence-corrected chi connectivity index (χ0v) is 9.58. The number of aliphatic carboxylic acids is 1. The molecule has 0 fully saturated rings. The summed E-state index contributed by atoms with van der Waals surface area (Å²) < 4.78 is 0. The first-order valence-corrected chi connectivity index (χ1v) is 3.60. The fourth-order valence-corrected chi connectivity index (χ4v) is 0. The Morgan fingerprint density at radius 3 is 0.812 bits per heavy atom. The molecule has 0 heterocycles. The molecule has 0 aliphatic rings. The van der Waals surface area contributed by atoms with Crippen LogP contribution in [0, 0.1) is 0 Å². The van der Waals surface area contributed by atoms with E-state index in [2.05, 4.69) is 65.8 Å². The van der Waals surface area contributed by atoms with E-state index in [1.807, 2.05) is 0 Å². The predicted molar refractivity (Wildman–Crippen MR) is 78.1 cm³/mol. The molecule has 0 aromatic rings. The maximum atomic E-state index is 9.12. The van der Waals surface area contributed by atoms with E-state index in [4.69, 9.17) is 15.0 Å². The van der Waals surface area contributed by atoms with Crippen molar-refractivity contribution in [3.8, 4) is 0 Å². The van der Waals surface area contributed by atoms with Crippen LogP contribution in [0.3, 0.4) is 0 Å². The van der Waals surface area contributed by atoms with E-state index in [0.29, 0.717) is 0 Å². The number of hydrogen-bond donors (Lipinski definition) is 2. The normalized spacial score (nSPS) is 3.56. The van der Waals surface area contributed by atoms with Crippen LogP contribution in [0.2, 0.25) is 0 Å². The molecular formula is C12H25NaO3. The van der Waals surface area contributed by atoms with Crippen LogP contribution in [0.25, 0.3) is 0 Å². The molecule has 0 amide bonds. The summed E-state index contributed by atoms with van der Waals surface area (Å²) in [4.78, 5) is 9.12. The van der Waals surface area contributed by atoms with E-state index >= 15 is 0 Å². The van der Waals surface area contributed by atoms with Crippen molar-refractivity contribution in [3.63, 3.8) is 0 Å². The second-order valence-corrected chi connectivity index (χ2v) is 0.552. The SMILES string of the molecule is C=C.C=C.C=C.C=C.C=C.O=C(O)CO.[NaH]. The number of aliphatic hydroxyl groups excluding tert-OH is 1. The van der Waals surface area contributed by atoms with Gasteiger partial charge in [0.05, 0.1) is 0 Å². The van der Waals surface area contributed by atoms with E-state index < -0.39 is 12.6 Å². The first-order valence-electron chi connectivity index (χ1n) is 3.60. The summed E-state index contributed by atoms with van der Waals surface area (Å²) in [6.45, 7) is 29.2. The van der Waals surface area contributed by atoms with Crippen LogP contribution < -0.4 is 0 Å². The topological polar surface area (TPSA) is 57.5 Å². The maximum absolute atomic E-state index is 9.12. The number of hydrogen-bond acceptors (Lipinski definition) is 2. The molecular weight excluding hydrogens is 215 g/mol. The van der Waals surface area contributed by atoms with E-state index in [-0.39, 0.29) is 29.6 Å². The van der Waals surface area contributed by atoms with Crippen molar-refractivity contribution in [2.75, 3.05) is 6.61 Å². The summed E-state index contributed by atoms with van der Waals surface area (Å²) in [5.74, 6) is -1.19. The summed E-state index contributed by atoms with van der Waals surface area (Å²) in [6, 6.07) is 0. The molecule has 0 spiro atoms. The van der Waals surface area contributed by atoms with Gasteiger partial charge in [-0.1, -0.05) is 0 Å². The Hall–Kier alpha value is -0.870. The Bertz CT molecular complexity index is 86.7. The summed E-state index contributed by atoms with van der Waals surface area (Å²) in [7, 11) is 0. The molecule has 0 atom stereocenters. The molecule has 0 aromatic carbocycles. The molecule has 4 heteroatoms. The molecule has 2 N–H and O–H groups in total. The van der Waals surface area contributed by atoms with Crippen molar-refractivity contribution in [3.05, 3.63) is 65.8 Å². The van der Waals surface area contributed by atoms with Crippen molar-refractivity contribution in [2.45, 2.75) is 0 Å². The van der Waals surface area contributed by atoms with E-state index in [1.165, 1.54) is 0 Å². The van der Waals surface area contributed by atoms with E-state index in [9.17, 15) is 0 Å². The van der Waals surface area contributed by atoms with Crippen molar-refractivity contribution < 1.29 is 15.0 Å². The average Bonchev–Trinajstić information content (AvgIpc) is 2.41. The van der Waals surface area contributed by atoms with Gasteiger partial charge in [0.1, 0.15) is 6.61 Å². The van der Waals surface area contributed by atoms with Crippen LogP contribution in [-0.2, 0) is 4.79 Å². The standard InChI is InChI=1S/C2H4O3.5C2H4.Na.H/c3-1-2(4)5;5*1-2;;/h3H,1H2,(H,4,5);5*1-2H2;;. The Morgan fingerprint density at radius 2 is 0.812 bits per heavy atom. The van der Waals surface area contributed by atoms with Gasteiger partial charge in [0.25, 0.3) is 0 Å². The third-order valence-electron chi connectivity index (χ3n) is 0.135. The molecule has 16 heavy (non-hydrogen) atoms. The van der Waals surface area contributed by atoms with Crippen molar-refractivity contribution in [1.82, 2.24) is 0 Å². The van der Waals surface area contributed by atoms with Gasteiger partial charge in [-0.15, -0.1) is 65.8 Å². The van der Waals surface area contributed by atoms with Gasteiger partial charge in [-0.25, -0.2) is 4.79 Å². The fraction of sp³-hybridized carbons (Fsp3) is 0.0833. The summed E-state index contributed by atoms with van der Waals surface area (Å²) >= 11 is 0. The molecule has 0 aliphatic carbocycles. The molecule has 0 bridgehead atoms. The quantitative estimate of drug-likeness (QED) is 0.546. The molecule has 0 aliphatic heterocycles. The van der Waals surface area contributed by atoms with Crippen molar-refractivity contribution >= 4 is 35.5 Å². The Labute approximate surface area is 122 Å². The van der Waals surface area contributed by atoms with Gasteiger partial charge in [0.2, 0.25) is 0 Å². The third-order valence-corrected chi connectivity index (χ3v) is 0.135. The zero-order chi connectivity index (χ0) is 14.3. The van der Waals surface area contributed by atoms with Gasteiger partial charge in [-0.2, -0.15) is 0 Å². The van der Waals surface area contributed by atoms with Crippen molar-refractivity contribution in [1.29, 1.82) is 0 Å². The number of rotatable bonds is 1. The number of carboxylic acid groups (broad SMARTS) is 1. The molecule has 0 saturated carbocycles. The average molecular weight is 240 g/mol. The van der Waals surface area contributed by atoms with E-state index in [0.717, 1.165) is 0 Å². The van der Waals surface area contributed by atoms with Gasteiger partial charge in [0.15, 0.2) is 0 Å². The van der Waals surface area contributed by atoms with Crippen LogP contribution in [0.5, 0.6) is 0 Å². The predicted octanol–water partition coefficient (Wildman–Crippen LogP) is 2.43. The Morgan fingerprint density at radius 1 is 0.750 bits per heavy atom.